The maximum absolute atomic E-state index is 11.8. The minimum absolute atomic E-state index is 0.114. The summed E-state index contributed by atoms with van der Waals surface area (Å²) in [7, 11) is -3.42. The number of hydrogen-bond acceptors (Lipinski definition) is 4. The topological polar surface area (TPSA) is 115 Å². The number of carbonyl (C=O) groups excluding carboxylic acids is 1. The van der Waals surface area contributed by atoms with Gasteiger partial charge in [-0.3, -0.25) is 4.79 Å². The van der Waals surface area contributed by atoms with E-state index in [0.29, 0.717) is 18.5 Å². The normalized spacial score (nSPS) is 11.4. The highest BCUT2D eigenvalue weighted by molar-refractivity contribution is 7.88. The van der Waals surface area contributed by atoms with Crippen LogP contribution in [-0.2, 0) is 27.1 Å². The number of hydrogen-bond donors (Lipinski definition) is 3. The number of nitrogens with one attached hydrogen (secondary N) is 1. The summed E-state index contributed by atoms with van der Waals surface area (Å²) in [5.74, 6) is -0.551. The largest absolute Gasteiger partial charge is 0.370 e. The molecule has 0 saturated carbocycles. The van der Waals surface area contributed by atoms with Crippen molar-refractivity contribution in [2.45, 2.75) is 25.1 Å². The van der Waals surface area contributed by atoms with E-state index in [1.54, 1.807) is 18.2 Å². The second-order valence-corrected chi connectivity index (χ2v) is 6.00. The Bertz CT molecular complexity index is 529. The summed E-state index contributed by atoms with van der Waals surface area (Å²) in [6.45, 7) is 0.503. The lowest BCUT2D eigenvalue weighted by atomic mass is 10.1. The van der Waals surface area contributed by atoms with E-state index in [1.807, 2.05) is 6.07 Å². The molecule has 0 saturated heterocycles. The maximum atomic E-state index is 11.8. The van der Waals surface area contributed by atoms with Gasteiger partial charge in [0.1, 0.15) is 0 Å². The first-order valence-corrected chi connectivity index (χ1v) is 7.62. The van der Waals surface area contributed by atoms with Crippen molar-refractivity contribution in [3.63, 3.8) is 0 Å². The first kappa shape index (κ1) is 15.6. The van der Waals surface area contributed by atoms with Crippen LogP contribution in [0.3, 0.4) is 0 Å². The van der Waals surface area contributed by atoms with Gasteiger partial charge in [0.25, 0.3) is 0 Å². The Morgan fingerprint density at radius 3 is 2.42 bits per heavy atom. The lowest BCUT2D eigenvalue weighted by Crippen LogP contribution is -2.27. The van der Waals surface area contributed by atoms with E-state index in [2.05, 4.69) is 4.72 Å². The van der Waals surface area contributed by atoms with Crippen LogP contribution in [0.4, 0.5) is 0 Å². The SMILES string of the molecule is NCc1ccccc1CS(=O)(=O)NCCCC(N)=O. The van der Waals surface area contributed by atoms with Crippen LogP contribution in [0, 0.1) is 0 Å². The molecule has 0 aliphatic heterocycles. The minimum Gasteiger partial charge on any atom is -0.370 e. The second kappa shape index (κ2) is 7.22. The summed E-state index contributed by atoms with van der Waals surface area (Å²) in [5, 5.41) is 0. The van der Waals surface area contributed by atoms with Crippen molar-refractivity contribution in [1.29, 1.82) is 0 Å². The van der Waals surface area contributed by atoms with Gasteiger partial charge in [-0.2, -0.15) is 0 Å². The first-order valence-electron chi connectivity index (χ1n) is 5.97. The van der Waals surface area contributed by atoms with Crippen LogP contribution in [0.1, 0.15) is 24.0 Å². The average molecular weight is 285 g/mol. The number of amides is 1. The number of sulfonamides is 1. The van der Waals surface area contributed by atoms with Crippen molar-refractivity contribution in [3.8, 4) is 0 Å². The van der Waals surface area contributed by atoms with Gasteiger partial charge in [0, 0.05) is 19.5 Å². The highest BCUT2D eigenvalue weighted by Crippen LogP contribution is 2.11. The maximum Gasteiger partial charge on any atom is 0.217 e. The lowest BCUT2D eigenvalue weighted by Gasteiger charge is -2.09. The van der Waals surface area contributed by atoms with E-state index >= 15 is 0 Å². The molecule has 0 unspecified atom stereocenters. The van der Waals surface area contributed by atoms with E-state index < -0.39 is 15.9 Å². The van der Waals surface area contributed by atoms with Crippen LogP contribution in [0.5, 0.6) is 0 Å². The van der Waals surface area contributed by atoms with Crippen LogP contribution in [-0.4, -0.2) is 20.9 Å². The monoisotopic (exact) mass is 285 g/mol. The molecular weight excluding hydrogens is 266 g/mol. The number of primary amides is 1. The Hall–Kier alpha value is -1.44. The van der Waals surface area contributed by atoms with Gasteiger partial charge in [0.05, 0.1) is 5.75 Å². The Balaban J connectivity index is 2.56. The zero-order chi connectivity index (χ0) is 14.3. The molecule has 0 spiro atoms. The summed E-state index contributed by atoms with van der Waals surface area (Å²) in [6, 6.07) is 7.14. The molecule has 1 rings (SSSR count). The molecule has 0 bridgehead atoms. The van der Waals surface area contributed by atoms with Gasteiger partial charge < -0.3 is 11.5 Å². The second-order valence-electron chi connectivity index (χ2n) is 4.20. The molecule has 0 heterocycles. The van der Waals surface area contributed by atoms with Crippen LogP contribution < -0.4 is 16.2 Å². The fourth-order valence-corrected chi connectivity index (χ4v) is 2.89. The fourth-order valence-electron chi connectivity index (χ4n) is 1.64. The molecule has 0 atom stereocenters. The average Bonchev–Trinajstić information content (AvgIpc) is 2.35. The molecule has 1 aromatic carbocycles. The fraction of sp³-hybridized carbons (Fsp3) is 0.417. The van der Waals surface area contributed by atoms with E-state index in [1.165, 1.54) is 0 Å². The molecule has 5 N–H and O–H groups in total. The predicted molar refractivity (Wildman–Crippen MR) is 73.4 cm³/mol. The lowest BCUT2D eigenvalue weighted by molar-refractivity contribution is -0.118. The smallest absolute Gasteiger partial charge is 0.217 e. The molecule has 106 valence electrons. The quantitative estimate of drug-likeness (QED) is 0.575. The summed E-state index contributed by atoms with van der Waals surface area (Å²) < 4.78 is 26.1. The molecule has 0 aliphatic carbocycles. The zero-order valence-electron chi connectivity index (χ0n) is 10.6. The third-order valence-corrected chi connectivity index (χ3v) is 3.94. The van der Waals surface area contributed by atoms with Gasteiger partial charge in [-0.15, -0.1) is 0 Å². The number of carbonyl (C=O) groups is 1. The minimum atomic E-state index is -3.42. The van der Waals surface area contributed by atoms with Crippen molar-refractivity contribution in [1.82, 2.24) is 4.72 Å². The van der Waals surface area contributed by atoms with Crippen LogP contribution in [0.15, 0.2) is 24.3 Å². The zero-order valence-corrected chi connectivity index (χ0v) is 11.4. The van der Waals surface area contributed by atoms with Crippen molar-refractivity contribution in [2.75, 3.05) is 6.54 Å². The molecule has 1 amide bonds. The first-order chi connectivity index (χ1) is 8.94. The Kier molecular flexibility index (Phi) is 5.94. The Labute approximate surface area is 113 Å². The van der Waals surface area contributed by atoms with Crippen molar-refractivity contribution < 1.29 is 13.2 Å². The van der Waals surface area contributed by atoms with Crippen LogP contribution in [0.25, 0.3) is 0 Å². The molecule has 0 aliphatic rings. The van der Waals surface area contributed by atoms with Gasteiger partial charge in [0.2, 0.25) is 15.9 Å². The Morgan fingerprint density at radius 1 is 1.21 bits per heavy atom. The molecule has 1 aromatic rings. The van der Waals surface area contributed by atoms with Gasteiger partial charge >= 0.3 is 0 Å². The number of rotatable bonds is 8. The molecule has 7 heteroatoms. The van der Waals surface area contributed by atoms with Crippen LogP contribution in [0.2, 0.25) is 0 Å². The van der Waals surface area contributed by atoms with E-state index in [4.69, 9.17) is 11.5 Å². The van der Waals surface area contributed by atoms with Crippen molar-refractivity contribution >= 4 is 15.9 Å². The third-order valence-electron chi connectivity index (χ3n) is 2.61. The molecular formula is C12H19N3O3S. The van der Waals surface area contributed by atoms with Gasteiger partial charge in [0.15, 0.2) is 0 Å². The van der Waals surface area contributed by atoms with E-state index in [0.717, 1.165) is 5.56 Å². The number of nitrogens with two attached hydrogens (primary N) is 2. The third kappa shape index (κ3) is 5.82. The molecule has 0 fully saturated rings. The van der Waals surface area contributed by atoms with Gasteiger partial charge in [-0.25, -0.2) is 13.1 Å². The summed E-state index contributed by atoms with van der Waals surface area (Å²) >= 11 is 0. The summed E-state index contributed by atoms with van der Waals surface area (Å²) in [6.07, 6.45) is 0.564. The number of benzene rings is 1. The molecule has 6 nitrogen and oxygen atoms in total. The molecule has 0 aromatic heterocycles. The molecule has 19 heavy (non-hydrogen) atoms. The van der Waals surface area contributed by atoms with E-state index in [9.17, 15) is 13.2 Å². The van der Waals surface area contributed by atoms with E-state index in [-0.39, 0.29) is 18.7 Å². The van der Waals surface area contributed by atoms with Crippen molar-refractivity contribution in [2.24, 2.45) is 11.5 Å². The predicted octanol–water partition coefficient (Wildman–Crippen LogP) is -0.170. The van der Waals surface area contributed by atoms with Crippen molar-refractivity contribution in [3.05, 3.63) is 35.4 Å². The summed E-state index contributed by atoms with van der Waals surface area (Å²) in [4.78, 5) is 10.5. The van der Waals surface area contributed by atoms with Crippen LogP contribution >= 0.6 is 0 Å². The Morgan fingerprint density at radius 2 is 1.84 bits per heavy atom. The summed E-state index contributed by atoms with van der Waals surface area (Å²) in [5.41, 5.74) is 12.0. The molecule has 0 radical (unpaired) electrons. The van der Waals surface area contributed by atoms with Gasteiger partial charge in [-0.1, -0.05) is 24.3 Å². The highest BCUT2D eigenvalue weighted by Gasteiger charge is 2.13. The standard InChI is InChI=1S/C12H19N3O3S/c13-8-10-4-1-2-5-11(10)9-19(17,18)15-7-3-6-12(14)16/h1-2,4-5,15H,3,6-9,13H2,(H2,14,16). The highest BCUT2D eigenvalue weighted by atomic mass is 32.2. The van der Waals surface area contributed by atoms with Gasteiger partial charge in [-0.05, 0) is 17.5 Å².